The van der Waals surface area contributed by atoms with Gasteiger partial charge in [-0.15, -0.1) is 0 Å². The van der Waals surface area contributed by atoms with Crippen LogP contribution < -0.4 is 4.74 Å². The molecule has 0 aromatic carbocycles. The number of aryl methyl sites for hydroxylation is 1. The molecule has 4 heterocycles. The topological polar surface area (TPSA) is 164 Å². The number of hydrogen-bond acceptors (Lipinski definition) is 8. The van der Waals surface area contributed by atoms with E-state index in [9.17, 15) is 39.5 Å². The molecule has 1 spiro atoms. The number of likely N-dealkylation sites (tertiary alicyclic amines) is 1. The molecule has 2 aromatic rings. The minimum Gasteiger partial charge on any atom is -0.477 e. The predicted molar refractivity (Wildman–Crippen MR) is 126 cm³/mol. The zero-order chi connectivity index (χ0) is 33.9. The molecule has 12 nitrogen and oxygen atoms in total. The molecule has 44 heavy (non-hydrogen) atoms. The van der Waals surface area contributed by atoms with E-state index >= 15 is 0 Å². The van der Waals surface area contributed by atoms with Crippen molar-refractivity contribution in [1.82, 2.24) is 19.7 Å². The van der Waals surface area contributed by atoms with Gasteiger partial charge in [0, 0.05) is 63.2 Å². The summed E-state index contributed by atoms with van der Waals surface area (Å²) in [6.07, 6.45) is -8.42. The molecule has 0 radical (unpaired) electrons. The lowest BCUT2D eigenvalue weighted by molar-refractivity contribution is -0.193. The third-order valence-electron chi connectivity index (χ3n) is 5.54. The molecule has 2 aliphatic rings. The van der Waals surface area contributed by atoms with Crippen molar-refractivity contribution in [1.29, 1.82) is 0 Å². The van der Waals surface area contributed by atoms with Gasteiger partial charge in [-0.25, -0.2) is 19.4 Å². The number of rotatable bonds is 5. The Labute approximate surface area is 241 Å². The van der Waals surface area contributed by atoms with Crippen molar-refractivity contribution in [3.05, 3.63) is 42.4 Å². The molecule has 2 aliphatic heterocycles. The van der Waals surface area contributed by atoms with Gasteiger partial charge >= 0.3 is 36.4 Å². The molecule has 3 N–H and O–H groups in total. The van der Waals surface area contributed by atoms with Gasteiger partial charge in [0.15, 0.2) is 0 Å². The molecule has 0 saturated carbocycles. The van der Waals surface area contributed by atoms with E-state index < -0.39 is 36.4 Å². The Hall–Kier alpha value is -4.14. The summed E-state index contributed by atoms with van der Waals surface area (Å²) in [7, 11) is 1.95. The van der Waals surface area contributed by atoms with Crippen LogP contribution in [0.5, 0.6) is 5.88 Å². The first-order valence-corrected chi connectivity index (χ1v) is 11.8. The average molecular weight is 656 g/mol. The van der Waals surface area contributed by atoms with Gasteiger partial charge in [-0.1, -0.05) is 6.07 Å². The highest BCUT2D eigenvalue weighted by atomic mass is 19.4. The van der Waals surface area contributed by atoms with Gasteiger partial charge in [0.05, 0.1) is 18.4 Å². The van der Waals surface area contributed by atoms with Crippen LogP contribution in [-0.4, -0.2) is 103 Å². The third kappa shape index (κ3) is 13.0. The standard InChI is InChI=1S/C17H22N4O2.3C2HF3O2/c1-20-9-14(8-19-20)10-21-12-17(13-21)15(5-7-23-17)11-22-16-4-2-3-6-18-16;3*3-2(4,5)1(6)7/h2-4,6,8-9,15H,5,7,10-13H2,1H3;3*(H,6,7). The number of ether oxygens (including phenoxy) is 2. The molecule has 0 aliphatic carbocycles. The number of hydrogen-bond donors (Lipinski definition) is 3. The van der Waals surface area contributed by atoms with Gasteiger partial charge < -0.3 is 24.8 Å². The summed E-state index contributed by atoms with van der Waals surface area (Å²) in [6.45, 7) is 4.39. The fourth-order valence-corrected chi connectivity index (χ4v) is 3.62. The number of pyridine rings is 1. The SMILES string of the molecule is Cn1cc(CN2CC3(C2)OCCC3COc2ccccn2)cn1.O=C(O)C(F)(F)F.O=C(O)C(F)(F)F.O=C(O)C(F)(F)F. The molecule has 4 rings (SSSR count). The van der Waals surface area contributed by atoms with Crippen LogP contribution in [0, 0.1) is 5.92 Å². The van der Waals surface area contributed by atoms with E-state index in [0.29, 0.717) is 18.4 Å². The van der Waals surface area contributed by atoms with Crippen LogP contribution in [0.1, 0.15) is 12.0 Å². The average Bonchev–Trinajstić information content (AvgIpc) is 3.48. The van der Waals surface area contributed by atoms with Gasteiger partial charge in [-0.2, -0.15) is 44.6 Å². The molecule has 21 heteroatoms. The fourth-order valence-electron chi connectivity index (χ4n) is 3.62. The molecule has 2 saturated heterocycles. The maximum atomic E-state index is 10.6. The Morgan fingerprint density at radius 2 is 1.45 bits per heavy atom. The van der Waals surface area contributed by atoms with E-state index in [2.05, 4.69) is 21.2 Å². The van der Waals surface area contributed by atoms with E-state index in [-0.39, 0.29) is 5.60 Å². The van der Waals surface area contributed by atoms with Crippen molar-refractivity contribution < 1.29 is 78.7 Å². The summed E-state index contributed by atoms with van der Waals surface area (Å²) in [5.41, 5.74) is 1.22. The molecule has 1 unspecified atom stereocenters. The summed E-state index contributed by atoms with van der Waals surface area (Å²) in [6, 6.07) is 5.75. The lowest BCUT2D eigenvalue weighted by atomic mass is 9.81. The van der Waals surface area contributed by atoms with Gasteiger partial charge in [-0.05, 0) is 12.5 Å². The molecule has 248 valence electrons. The summed E-state index contributed by atoms with van der Waals surface area (Å²) >= 11 is 0. The number of alkyl halides is 9. The van der Waals surface area contributed by atoms with Crippen LogP contribution in [0.15, 0.2) is 36.8 Å². The Morgan fingerprint density at radius 3 is 1.84 bits per heavy atom. The van der Waals surface area contributed by atoms with Crippen LogP contribution >= 0.6 is 0 Å². The van der Waals surface area contributed by atoms with E-state index in [1.807, 2.05) is 36.1 Å². The van der Waals surface area contributed by atoms with Gasteiger partial charge in [0.25, 0.3) is 0 Å². The van der Waals surface area contributed by atoms with Crippen LogP contribution in [0.25, 0.3) is 0 Å². The van der Waals surface area contributed by atoms with E-state index in [0.717, 1.165) is 32.7 Å². The number of carbonyl (C=O) groups is 3. The zero-order valence-corrected chi connectivity index (χ0v) is 22.4. The second kappa shape index (κ2) is 15.5. The van der Waals surface area contributed by atoms with Crippen LogP contribution in [0.4, 0.5) is 39.5 Å². The van der Waals surface area contributed by atoms with Crippen molar-refractivity contribution in [3.63, 3.8) is 0 Å². The van der Waals surface area contributed by atoms with Crippen molar-refractivity contribution in [2.75, 3.05) is 26.3 Å². The highest BCUT2D eigenvalue weighted by molar-refractivity contribution is 5.73. The normalized spacial score (nSPS) is 17.5. The maximum Gasteiger partial charge on any atom is 0.490 e. The molecule has 2 fully saturated rings. The minimum atomic E-state index is -5.08. The van der Waals surface area contributed by atoms with Crippen LogP contribution in [0.3, 0.4) is 0 Å². The van der Waals surface area contributed by atoms with Crippen molar-refractivity contribution >= 4 is 17.9 Å². The largest absolute Gasteiger partial charge is 0.490 e. The molecule has 0 bridgehead atoms. The van der Waals surface area contributed by atoms with E-state index in [1.54, 1.807) is 6.20 Å². The monoisotopic (exact) mass is 656 g/mol. The number of carboxylic acids is 3. The molecule has 1 atom stereocenters. The molecule has 0 amide bonds. The number of nitrogens with zero attached hydrogens (tertiary/aromatic N) is 4. The Kier molecular flexibility index (Phi) is 13.4. The number of halogens is 9. The zero-order valence-electron chi connectivity index (χ0n) is 22.4. The second-order valence-electron chi connectivity index (χ2n) is 8.95. The number of aliphatic carboxylic acids is 3. The highest BCUT2D eigenvalue weighted by Crippen LogP contribution is 2.40. The summed E-state index contributed by atoms with van der Waals surface area (Å²) in [5, 5.41) is 25.6. The Bertz CT molecular complexity index is 1160. The minimum absolute atomic E-state index is 0.0308. The van der Waals surface area contributed by atoms with Crippen LogP contribution in [0.2, 0.25) is 0 Å². The van der Waals surface area contributed by atoms with E-state index in [4.69, 9.17) is 39.2 Å². The third-order valence-corrected chi connectivity index (χ3v) is 5.54. The number of carboxylic acid groups (broad SMARTS) is 3. The lowest BCUT2D eigenvalue weighted by Crippen LogP contribution is -2.64. The van der Waals surface area contributed by atoms with Crippen molar-refractivity contribution in [3.8, 4) is 5.88 Å². The summed E-state index contributed by atoms with van der Waals surface area (Å²) in [5.74, 6) is -7.14. The lowest BCUT2D eigenvalue weighted by Gasteiger charge is -2.50. The van der Waals surface area contributed by atoms with E-state index in [1.165, 1.54) is 5.56 Å². The predicted octanol–water partition coefficient (Wildman–Crippen LogP) is 3.38. The van der Waals surface area contributed by atoms with Gasteiger partial charge in [-0.3, -0.25) is 9.58 Å². The molecule has 2 aromatic heterocycles. The smallest absolute Gasteiger partial charge is 0.477 e. The molecular formula is C23H25F9N4O8. The first-order chi connectivity index (χ1) is 20.1. The van der Waals surface area contributed by atoms with Gasteiger partial charge in [0.1, 0.15) is 0 Å². The summed E-state index contributed by atoms with van der Waals surface area (Å²) < 4.78 is 109. The van der Waals surface area contributed by atoms with Crippen molar-refractivity contribution in [2.24, 2.45) is 13.0 Å². The first-order valence-electron chi connectivity index (χ1n) is 11.8. The fraction of sp³-hybridized carbons (Fsp3) is 0.522. The summed E-state index contributed by atoms with van der Waals surface area (Å²) in [4.78, 5) is 33.3. The quantitative estimate of drug-likeness (QED) is 0.404. The first kappa shape index (κ1) is 37.9. The second-order valence-corrected chi connectivity index (χ2v) is 8.95. The van der Waals surface area contributed by atoms with Crippen LogP contribution in [-0.2, 0) is 32.7 Å². The highest BCUT2D eigenvalue weighted by Gasteiger charge is 2.53. The van der Waals surface area contributed by atoms with Crippen molar-refractivity contribution in [2.45, 2.75) is 37.1 Å². The number of aromatic nitrogens is 3. The Morgan fingerprint density at radius 1 is 0.955 bits per heavy atom. The molecular weight excluding hydrogens is 631 g/mol. The Balaban J connectivity index is 0.000000379. The van der Waals surface area contributed by atoms with Gasteiger partial charge in [0.2, 0.25) is 5.88 Å². The maximum absolute atomic E-state index is 10.6.